The molecule has 1 aromatic carbocycles. The van der Waals surface area contributed by atoms with Crippen molar-refractivity contribution in [3.05, 3.63) is 35.9 Å². The van der Waals surface area contributed by atoms with Crippen LogP contribution < -0.4 is 5.32 Å². The third-order valence-electron chi connectivity index (χ3n) is 6.78. The number of amides is 3. The Morgan fingerprint density at radius 1 is 0.966 bits per heavy atom. The smallest absolute Gasteiger partial charge is 0.317 e. The molecule has 3 aliphatic rings. The number of likely N-dealkylation sites (tertiary alicyclic amines) is 3. The summed E-state index contributed by atoms with van der Waals surface area (Å²) in [7, 11) is 0. The van der Waals surface area contributed by atoms with Gasteiger partial charge in [-0.2, -0.15) is 0 Å². The lowest BCUT2D eigenvalue weighted by Crippen LogP contribution is -2.53. The van der Waals surface area contributed by atoms with E-state index in [0.29, 0.717) is 18.4 Å². The summed E-state index contributed by atoms with van der Waals surface area (Å²) in [6.45, 7) is 5.62. The lowest BCUT2D eigenvalue weighted by atomic mass is 10.0. The third-order valence-corrected chi connectivity index (χ3v) is 6.78. The topological polar surface area (TPSA) is 55.9 Å². The summed E-state index contributed by atoms with van der Waals surface area (Å²) in [5.41, 5.74) is 1.39. The number of nitrogens with zero attached hydrogens (tertiary/aromatic N) is 3. The number of carbonyl (C=O) groups is 2. The molecule has 3 fully saturated rings. The summed E-state index contributed by atoms with van der Waals surface area (Å²) in [4.78, 5) is 31.1. The maximum atomic E-state index is 12.7. The van der Waals surface area contributed by atoms with E-state index in [9.17, 15) is 9.59 Å². The molecule has 3 saturated heterocycles. The Balaban J connectivity index is 1.14. The highest BCUT2D eigenvalue weighted by Crippen LogP contribution is 2.22. The summed E-state index contributed by atoms with van der Waals surface area (Å²) < 4.78 is 0. The molecule has 29 heavy (non-hydrogen) atoms. The standard InChI is InChI=1S/C23H34N4O2/c28-22-7-4-13-27(22)21-11-17-26(18-12-21)23(29)24-20-9-15-25(16-10-20)14-8-19-5-2-1-3-6-19/h1-3,5-6,20-21H,4,7-18H2,(H,24,29). The molecule has 4 rings (SSSR count). The highest BCUT2D eigenvalue weighted by Gasteiger charge is 2.32. The molecule has 0 radical (unpaired) electrons. The summed E-state index contributed by atoms with van der Waals surface area (Å²) in [6, 6.07) is 11.3. The number of carbonyl (C=O) groups excluding carboxylic acids is 2. The van der Waals surface area contributed by atoms with E-state index in [4.69, 9.17) is 0 Å². The first-order chi connectivity index (χ1) is 14.2. The van der Waals surface area contributed by atoms with E-state index >= 15 is 0 Å². The van der Waals surface area contributed by atoms with Crippen LogP contribution in [0.1, 0.15) is 44.1 Å². The largest absolute Gasteiger partial charge is 0.340 e. The molecule has 0 spiro atoms. The molecule has 3 amide bonds. The molecular formula is C23H34N4O2. The quantitative estimate of drug-likeness (QED) is 0.829. The Hall–Kier alpha value is -2.08. The minimum atomic E-state index is 0.0823. The van der Waals surface area contributed by atoms with Gasteiger partial charge >= 0.3 is 6.03 Å². The molecule has 6 nitrogen and oxygen atoms in total. The minimum absolute atomic E-state index is 0.0823. The van der Waals surface area contributed by atoms with Gasteiger partial charge in [0, 0.05) is 57.8 Å². The van der Waals surface area contributed by atoms with Crippen LogP contribution in [0, 0.1) is 0 Å². The number of piperidine rings is 2. The highest BCUT2D eigenvalue weighted by molar-refractivity contribution is 5.78. The van der Waals surface area contributed by atoms with Crippen LogP contribution in [-0.2, 0) is 11.2 Å². The number of benzene rings is 1. The zero-order valence-electron chi connectivity index (χ0n) is 17.4. The summed E-state index contributed by atoms with van der Waals surface area (Å²) in [5.74, 6) is 0.298. The molecule has 0 atom stereocenters. The Kier molecular flexibility index (Phi) is 6.70. The number of rotatable bonds is 5. The van der Waals surface area contributed by atoms with Gasteiger partial charge in [0.2, 0.25) is 5.91 Å². The molecule has 0 aromatic heterocycles. The van der Waals surface area contributed by atoms with Gasteiger partial charge in [-0.25, -0.2) is 4.79 Å². The molecule has 3 aliphatic heterocycles. The number of urea groups is 1. The van der Waals surface area contributed by atoms with Crippen molar-refractivity contribution in [2.24, 2.45) is 0 Å². The van der Waals surface area contributed by atoms with Crippen molar-refractivity contribution < 1.29 is 9.59 Å². The molecule has 1 aromatic rings. The van der Waals surface area contributed by atoms with E-state index in [0.717, 1.165) is 77.8 Å². The minimum Gasteiger partial charge on any atom is -0.340 e. The van der Waals surface area contributed by atoms with Crippen molar-refractivity contribution in [3.8, 4) is 0 Å². The molecule has 158 valence electrons. The van der Waals surface area contributed by atoms with E-state index in [2.05, 4.69) is 40.5 Å². The maximum Gasteiger partial charge on any atom is 0.317 e. The maximum absolute atomic E-state index is 12.7. The second kappa shape index (κ2) is 9.61. The lowest BCUT2D eigenvalue weighted by Gasteiger charge is -2.38. The second-order valence-electron chi connectivity index (χ2n) is 8.71. The van der Waals surface area contributed by atoms with Crippen molar-refractivity contribution in [3.63, 3.8) is 0 Å². The van der Waals surface area contributed by atoms with Gasteiger partial charge in [-0.3, -0.25) is 4.79 Å². The van der Waals surface area contributed by atoms with E-state index in [1.54, 1.807) is 0 Å². The third kappa shape index (κ3) is 5.30. The second-order valence-corrected chi connectivity index (χ2v) is 8.71. The first-order valence-corrected chi connectivity index (χ1v) is 11.3. The molecule has 3 heterocycles. The van der Waals surface area contributed by atoms with Crippen molar-refractivity contribution in [2.45, 2.75) is 57.0 Å². The van der Waals surface area contributed by atoms with Gasteiger partial charge in [-0.15, -0.1) is 0 Å². The van der Waals surface area contributed by atoms with Crippen LogP contribution in [0.15, 0.2) is 30.3 Å². The van der Waals surface area contributed by atoms with Crippen LogP contribution in [-0.4, -0.2) is 78.0 Å². The molecule has 0 bridgehead atoms. The Labute approximate surface area is 174 Å². The Morgan fingerprint density at radius 2 is 1.69 bits per heavy atom. The van der Waals surface area contributed by atoms with Crippen LogP contribution in [0.2, 0.25) is 0 Å². The van der Waals surface area contributed by atoms with Crippen molar-refractivity contribution >= 4 is 11.9 Å². The normalized spacial score (nSPS) is 22.3. The fraction of sp³-hybridized carbons (Fsp3) is 0.652. The van der Waals surface area contributed by atoms with Crippen LogP contribution in [0.4, 0.5) is 4.79 Å². The molecule has 0 saturated carbocycles. The predicted molar refractivity (Wildman–Crippen MR) is 114 cm³/mol. The van der Waals surface area contributed by atoms with Crippen LogP contribution in [0.5, 0.6) is 0 Å². The molecule has 0 aliphatic carbocycles. The monoisotopic (exact) mass is 398 g/mol. The molecule has 0 unspecified atom stereocenters. The number of hydrogen-bond donors (Lipinski definition) is 1. The SMILES string of the molecule is O=C(NC1CCN(CCc2ccccc2)CC1)N1CCC(N2CCCC2=O)CC1. The van der Waals surface area contributed by atoms with Gasteiger partial charge in [-0.05, 0) is 44.1 Å². The van der Waals surface area contributed by atoms with E-state index < -0.39 is 0 Å². The Morgan fingerprint density at radius 3 is 2.34 bits per heavy atom. The fourth-order valence-corrected chi connectivity index (χ4v) is 4.93. The van der Waals surface area contributed by atoms with Crippen molar-refractivity contribution in [1.29, 1.82) is 0 Å². The number of nitrogens with one attached hydrogen (secondary N) is 1. The van der Waals surface area contributed by atoms with E-state index in [1.807, 2.05) is 9.80 Å². The van der Waals surface area contributed by atoms with Gasteiger partial charge in [0.25, 0.3) is 0 Å². The van der Waals surface area contributed by atoms with Gasteiger partial charge in [0.1, 0.15) is 0 Å². The zero-order chi connectivity index (χ0) is 20.1. The Bertz CT molecular complexity index is 679. The lowest BCUT2D eigenvalue weighted by molar-refractivity contribution is -0.130. The molecule has 1 N–H and O–H groups in total. The highest BCUT2D eigenvalue weighted by atomic mass is 16.2. The van der Waals surface area contributed by atoms with Crippen molar-refractivity contribution in [1.82, 2.24) is 20.0 Å². The van der Waals surface area contributed by atoms with Gasteiger partial charge in [0.05, 0.1) is 0 Å². The number of hydrogen-bond acceptors (Lipinski definition) is 3. The fourth-order valence-electron chi connectivity index (χ4n) is 4.93. The summed E-state index contributed by atoms with van der Waals surface area (Å²) in [5, 5.41) is 3.26. The van der Waals surface area contributed by atoms with Crippen LogP contribution in [0.25, 0.3) is 0 Å². The first kappa shape index (κ1) is 20.2. The predicted octanol–water partition coefficient (Wildman–Crippen LogP) is 2.49. The van der Waals surface area contributed by atoms with Crippen LogP contribution >= 0.6 is 0 Å². The summed E-state index contributed by atoms with van der Waals surface area (Å²) in [6.07, 6.45) is 6.66. The zero-order valence-corrected chi connectivity index (χ0v) is 17.4. The van der Waals surface area contributed by atoms with Gasteiger partial charge < -0.3 is 20.0 Å². The average Bonchev–Trinajstić information content (AvgIpc) is 3.20. The first-order valence-electron chi connectivity index (χ1n) is 11.3. The van der Waals surface area contributed by atoms with Crippen molar-refractivity contribution in [2.75, 3.05) is 39.3 Å². The molecular weight excluding hydrogens is 364 g/mol. The summed E-state index contributed by atoms with van der Waals surface area (Å²) >= 11 is 0. The van der Waals surface area contributed by atoms with E-state index in [-0.39, 0.29) is 12.1 Å². The average molecular weight is 399 g/mol. The van der Waals surface area contributed by atoms with Gasteiger partial charge in [-0.1, -0.05) is 30.3 Å². The molecule has 6 heteroatoms. The van der Waals surface area contributed by atoms with Crippen LogP contribution in [0.3, 0.4) is 0 Å². The van der Waals surface area contributed by atoms with Gasteiger partial charge in [0.15, 0.2) is 0 Å². The van der Waals surface area contributed by atoms with E-state index in [1.165, 1.54) is 5.56 Å².